The molecule has 0 bridgehead atoms. The third-order valence-electron chi connectivity index (χ3n) is 8.13. The lowest BCUT2D eigenvalue weighted by Crippen LogP contribution is -2.58. The fourth-order valence-corrected chi connectivity index (χ4v) is 6.11. The normalized spacial score (nSPS) is 13.7. The number of fused-ring (bicyclic) bond motifs is 4. The van der Waals surface area contributed by atoms with Crippen molar-refractivity contribution in [3.63, 3.8) is 0 Å². The Balaban J connectivity index is 1.23. The molecule has 0 saturated carbocycles. The maximum atomic E-state index is 13.6. The van der Waals surface area contributed by atoms with Gasteiger partial charge in [0.2, 0.25) is 0 Å². The zero-order chi connectivity index (χ0) is 31.0. The Morgan fingerprint density at radius 3 is 1.50 bits per heavy atom. The van der Waals surface area contributed by atoms with Crippen LogP contribution in [0, 0.1) is 0 Å². The van der Waals surface area contributed by atoms with Gasteiger partial charge in [0.1, 0.15) is 0 Å². The monoisotopic (exact) mass is 623 g/mol. The average molecular weight is 625 g/mol. The van der Waals surface area contributed by atoms with Crippen LogP contribution in [-0.4, -0.2) is 39.9 Å². The molecule has 4 N–H and O–H groups in total. The number of nitrogens with zero attached hydrogens (tertiary/aromatic N) is 2. The number of nitrogens with two attached hydrogens (primary N) is 1. The predicted molar refractivity (Wildman–Crippen MR) is 180 cm³/mol. The molecule has 2 heterocycles. The van der Waals surface area contributed by atoms with E-state index in [0.29, 0.717) is 45.0 Å². The molecule has 0 fully saturated rings. The second-order valence-electron chi connectivity index (χ2n) is 11.0. The summed E-state index contributed by atoms with van der Waals surface area (Å²) in [5.41, 5.74) is 10.4. The van der Waals surface area contributed by atoms with Gasteiger partial charge < -0.3 is 16.4 Å². The molecule has 0 aliphatic carbocycles. The van der Waals surface area contributed by atoms with Crippen molar-refractivity contribution in [1.29, 1.82) is 0 Å². The fourth-order valence-electron chi connectivity index (χ4n) is 5.75. The number of nitrogens with one attached hydrogen (secondary N) is 2. The van der Waals surface area contributed by atoms with Crippen LogP contribution >= 0.6 is 23.2 Å². The number of pyridine rings is 2. The number of rotatable bonds is 8. The lowest BCUT2D eigenvalue weighted by atomic mass is 9.95. The van der Waals surface area contributed by atoms with E-state index in [1.54, 1.807) is 24.3 Å². The van der Waals surface area contributed by atoms with E-state index in [4.69, 9.17) is 38.9 Å². The zero-order valence-electron chi connectivity index (χ0n) is 24.3. The van der Waals surface area contributed by atoms with E-state index < -0.39 is 18.1 Å². The molecule has 2 amide bonds. The summed E-state index contributed by atoms with van der Waals surface area (Å²) in [6.07, 6.45) is 1.15. The quantitative estimate of drug-likeness (QED) is 0.153. The molecule has 6 aromatic rings. The molecule has 2 atom stereocenters. The van der Waals surface area contributed by atoms with Gasteiger partial charge in [-0.25, -0.2) is 9.97 Å². The summed E-state index contributed by atoms with van der Waals surface area (Å²) in [5.74, 6) is -0.546. The Morgan fingerprint density at radius 1 is 0.659 bits per heavy atom. The van der Waals surface area contributed by atoms with Crippen molar-refractivity contribution in [2.24, 2.45) is 5.73 Å². The molecule has 6 rings (SSSR count). The highest BCUT2D eigenvalue weighted by Crippen LogP contribution is 2.27. The lowest BCUT2D eigenvalue weighted by molar-refractivity contribution is 0.0909. The van der Waals surface area contributed by atoms with Gasteiger partial charge in [0.15, 0.2) is 0 Å². The largest absolute Gasteiger partial charge is 0.348 e. The van der Waals surface area contributed by atoms with Crippen molar-refractivity contribution >= 4 is 78.6 Å². The minimum Gasteiger partial charge on any atom is -0.348 e. The molecule has 44 heavy (non-hydrogen) atoms. The summed E-state index contributed by atoms with van der Waals surface area (Å²) in [6, 6.07) is 24.6. The molecular weight excluding hydrogens is 593 g/mol. The first-order chi connectivity index (χ1) is 21.2. The van der Waals surface area contributed by atoms with Gasteiger partial charge in [0, 0.05) is 49.7 Å². The molecule has 0 saturated heterocycles. The van der Waals surface area contributed by atoms with E-state index in [-0.39, 0.29) is 11.8 Å². The molecule has 0 aliphatic heterocycles. The van der Waals surface area contributed by atoms with Gasteiger partial charge in [-0.3, -0.25) is 9.59 Å². The highest BCUT2D eigenvalue weighted by atomic mass is 35.5. The van der Waals surface area contributed by atoms with E-state index >= 15 is 0 Å². The third-order valence-corrected chi connectivity index (χ3v) is 8.60. The smallest absolute Gasteiger partial charge is 0.253 e. The van der Waals surface area contributed by atoms with Gasteiger partial charge in [-0.1, -0.05) is 61.3 Å². The van der Waals surface area contributed by atoms with Gasteiger partial charge in [0.25, 0.3) is 11.8 Å². The fraction of sp³-hybridized carbons (Fsp3) is 0.200. The minimum atomic E-state index is -0.547. The Bertz CT molecular complexity index is 1920. The number of para-hydroxylation sites is 2. The van der Waals surface area contributed by atoms with E-state index in [2.05, 4.69) is 10.6 Å². The summed E-state index contributed by atoms with van der Waals surface area (Å²) in [7, 11) is 0. The number of halogens is 2. The van der Waals surface area contributed by atoms with E-state index in [9.17, 15) is 9.59 Å². The van der Waals surface area contributed by atoms with Crippen molar-refractivity contribution in [3.8, 4) is 0 Å². The minimum absolute atomic E-state index is 0.273. The summed E-state index contributed by atoms with van der Waals surface area (Å²) in [6.45, 7) is 3.92. The van der Waals surface area contributed by atoms with Gasteiger partial charge in [-0.15, -0.1) is 0 Å². The molecule has 9 heteroatoms. The Labute approximate surface area is 264 Å². The number of amides is 2. The highest BCUT2D eigenvalue weighted by molar-refractivity contribution is 6.31. The van der Waals surface area contributed by atoms with Crippen molar-refractivity contribution in [2.45, 2.75) is 44.8 Å². The number of carbonyl (C=O) groups is 2. The maximum Gasteiger partial charge on any atom is 0.253 e. The molecule has 222 valence electrons. The molecular formula is C35H31Cl2N5O2. The molecule has 0 radical (unpaired) electrons. The number of hydrogen-bond donors (Lipinski definition) is 3. The number of carbonyl (C=O) groups excluding carboxylic acids is 2. The second-order valence-corrected chi connectivity index (χ2v) is 11.8. The Morgan fingerprint density at radius 2 is 1.09 bits per heavy atom. The molecule has 4 aromatic carbocycles. The van der Waals surface area contributed by atoms with Gasteiger partial charge in [0.05, 0.1) is 33.2 Å². The summed E-state index contributed by atoms with van der Waals surface area (Å²) < 4.78 is 0. The average Bonchev–Trinajstić information content (AvgIpc) is 3.03. The Hall–Kier alpha value is -4.30. The molecule has 2 aromatic heterocycles. The molecule has 0 aliphatic rings. The van der Waals surface area contributed by atoms with Crippen LogP contribution in [0.5, 0.6) is 0 Å². The third kappa shape index (κ3) is 5.78. The maximum absolute atomic E-state index is 13.6. The standard InChI is InChI=1S/C35H31Cl2N5O2/c1-3-27(41-34(43)25-9-5-7-19-15-21-17-23(36)11-13-29(21)39-32(19)25)31(38)28(4-2)42-35(44)26-10-6-8-20-16-22-18-24(37)12-14-30(22)40-33(20)26/h5-18,27-28,31H,3-4,38H2,1-2H3,(H,41,43)(H,42,44). The number of hydrogen-bond acceptors (Lipinski definition) is 5. The van der Waals surface area contributed by atoms with E-state index in [1.165, 1.54) is 0 Å². The second kappa shape index (κ2) is 12.4. The van der Waals surface area contributed by atoms with Gasteiger partial charge in [-0.2, -0.15) is 0 Å². The summed E-state index contributed by atoms with van der Waals surface area (Å²) in [5, 5.41) is 11.0. The van der Waals surface area contributed by atoms with Gasteiger partial charge in [-0.05, 0) is 73.5 Å². The first-order valence-corrected chi connectivity index (χ1v) is 15.4. The van der Waals surface area contributed by atoms with Crippen molar-refractivity contribution in [3.05, 3.63) is 106 Å². The SMILES string of the molecule is CCC(NC(=O)c1cccc2cc3cc(Cl)ccc3nc12)C(N)C(CC)NC(=O)c1cccc2cc3cc(Cl)ccc3nc12. The number of aromatic nitrogens is 2. The van der Waals surface area contributed by atoms with Crippen LogP contribution in [-0.2, 0) is 0 Å². The summed E-state index contributed by atoms with van der Waals surface area (Å²) in [4.78, 5) is 36.8. The lowest BCUT2D eigenvalue weighted by Gasteiger charge is -2.31. The summed E-state index contributed by atoms with van der Waals surface area (Å²) >= 11 is 12.3. The van der Waals surface area contributed by atoms with Crippen molar-refractivity contribution in [1.82, 2.24) is 20.6 Å². The van der Waals surface area contributed by atoms with Crippen LogP contribution in [0.25, 0.3) is 43.6 Å². The van der Waals surface area contributed by atoms with E-state index in [1.807, 2.05) is 74.5 Å². The van der Waals surface area contributed by atoms with Gasteiger partial charge >= 0.3 is 0 Å². The molecule has 0 spiro atoms. The van der Waals surface area contributed by atoms with Crippen LogP contribution in [0.3, 0.4) is 0 Å². The Kier molecular flexibility index (Phi) is 8.36. The predicted octanol–water partition coefficient (Wildman–Crippen LogP) is 7.44. The number of benzene rings is 4. The zero-order valence-corrected chi connectivity index (χ0v) is 25.8. The molecule has 2 unspecified atom stereocenters. The van der Waals surface area contributed by atoms with Crippen LogP contribution in [0.1, 0.15) is 47.4 Å². The van der Waals surface area contributed by atoms with Crippen molar-refractivity contribution < 1.29 is 9.59 Å². The van der Waals surface area contributed by atoms with Crippen molar-refractivity contribution in [2.75, 3.05) is 0 Å². The topological polar surface area (TPSA) is 110 Å². The van der Waals surface area contributed by atoms with E-state index in [0.717, 1.165) is 32.6 Å². The molecule has 7 nitrogen and oxygen atoms in total. The van der Waals surface area contributed by atoms with Crippen LogP contribution in [0.2, 0.25) is 10.0 Å². The van der Waals surface area contributed by atoms with Crippen LogP contribution in [0.4, 0.5) is 0 Å². The highest BCUT2D eigenvalue weighted by Gasteiger charge is 2.28. The van der Waals surface area contributed by atoms with Crippen LogP contribution in [0.15, 0.2) is 84.9 Å². The first-order valence-electron chi connectivity index (χ1n) is 14.6. The first kappa shape index (κ1) is 29.8. The van der Waals surface area contributed by atoms with Crippen LogP contribution < -0.4 is 16.4 Å².